The molecule has 3 rings (SSSR count). The molecule has 0 atom stereocenters. The first-order valence-electron chi connectivity index (χ1n) is 7.25. The topological polar surface area (TPSA) is 38.7 Å². The molecule has 1 aliphatic carbocycles. The van der Waals surface area contributed by atoms with Crippen LogP contribution >= 0.6 is 11.6 Å². The Hall–Kier alpha value is -1.48. The van der Waals surface area contributed by atoms with Gasteiger partial charge < -0.3 is 0 Å². The molecule has 0 unspecified atom stereocenters. The van der Waals surface area contributed by atoms with Gasteiger partial charge in [0.05, 0.1) is 0 Å². The Balaban J connectivity index is 2.04. The summed E-state index contributed by atoms with van der Waals surface area (Å²) in [5, 5.41) is 0.538. The van der Waals surface area contributed by atoms with Crippen LogP contribution in [0.5, 0.6) is 0 Å². The molecule has 0 bridgehead atoms. The van der Waals surface area contributed by atoms with E-state index in [1.807, 2.05) is 18.3 Å². The first kappa shape index (κ1) is 13.5. The van der Waals surface area contributed by atoms with E-state index in [1.165, 1.54) is 25.7 Å². The minimum absolute atomic E-state index is 0.538. The van der Waals surface area contributed by atoms with Crippen LogP contribution in [0.4, 0.5) is 0 Å². The van der Waals surface area contributed by atoms with E-state index in [9.17, 15) is 0 Å². The average molecular weight is 288 g/mol. The molecule has 0 N–H and O–H groups in total. The van der Waals surface area contributed by atoms with Crippen molar-refractivity contribution in [2.75, 3.05) is 0 Å². The van der Waals surface area contributed by atoms with E-state index in [2.05, 4.69) is 16.9 Å². The smallest absolute Gasteiger partial charge is 0.161 e. The van der Waals surface area contributed by atoms with E-state index < -0.39 is 0 Å². The molecule has 20 heavy (non-hydrogen) atoms. The largest absolute Gasteiger partial charge is 0.264 e. The van der Waals surface area contributed by atoms with E-state index in [-0.39, 0.29) is 0 Å². The molecule has 1 fully saturated rings. The van der Waals surface area contributed by atoms with Crippen LogP contribution in [0.15, 0.2) is 24.5 Å². The van der Waals surface area contributed by atoms with Crippen LogP contribution in [0.25, 0.3) is 11.4 Å². The minimum Gasteiger partial charge on any atom is -0.264 e. The van der Waals surface area contributed by atoms with Crippen LogP contribution in [-0.4, -0.2) is 15.0 Å². The lowest BCUT2D eigenvalue weighted by Crippen LogP contribution is -2.02. The molecule has 2 heterocycles. The maximum Gasteiger partial charge on any atom is 0.161 e. The number of rotatable bonds is 3. The molecule has 2 aromatic rings. The lowest BCUT2D eigenvalue weighted by molar-refractivity contribution is 0.695. The number of halogens is 1. The van der Waals surface area contributed by atoms with Gasteiger partial charge in [0.1, 0.15) is 5.15 Å². The summed E-state index contributed by atoms with van der Waals surface area (Å²) in [7, 11) is 0. The monoisotopic (exact) mass is 287 g/mol. The van der Waals surface area contributed by atoms with Crippen molar-refractivity contribution in [1.82, 2.24) is 15.0 Å². The Bertz CT molecular complexity index is 606. The van der Waals surface area contributed by atoms with Gasteiger partial charge >= 0.3 is 0 Å². The highest BCUT2D eigenvalue weighted by Gasteiger charge is 2.20. The van der Waals surface area contributed by atoms with Gasteiger partial charge in [0.15, 0.2) is 5.82 Å². The number of aromatic nitrogens is 3. The molecule has 0 saturated heterocycles. The number of hydrogen-bond donors (Lipinski definition) is 0. The van der Waals surface area contributed by atoms with Crippen molar-refractivity contribution in [2.24, 2.45) is 0 Å². The zero-order valence-electron chi connectivity index (χ0n) is 11.6. The standard InChI is InChI=1S/C16H18ClN3/c1-2-11-10-18-8-7-13(11)16-19-14(9-15(17)20-16)12-5-3-4-6-12/h7-10,12H,2-6H2,1H3. The van der Waals surface area contributed by atoms with Crippen LogP contribution in [0.1, 0.15) is 49.8 Å². The third kappa shape index (κ3) is 2.68. The Labute approximate surface area is 124 Å². The first-order valence-corrected chi connectivity index (χ1v) is 7.63. The number of nitrogens with zero attached hydrogens (tertiary/aromatic N) is 3. The summed E-state index contributed by atoms with van der Waals surface area (Å²) in [4.78, 5) is 13.4. The lowest BCUT2D eigenvalue weighted by atomic mass is 10.0. The number of pyridine rings is 1. The molecule has 1 saturated carbocycles. The molecular formula is C16H18ClN3. The summed E-state index contributed by atoms with van der Waals surface area (Å²) in [6, 6.07) is 3.90. The molecule has 3 nitrogen and oxygen atoms in total. The van der Waals surface area contributed by atoms with E-state index in [0.717, 1.165) is 29.1 Å². The van der Waals surface area contributed by atoms with Crippen molar-refractivity contribution in [2.45, 2.75) is 44.9 Å². The molecule has 0 amide bonds. The summed E-state index contributed by atoms with van der Waals surface area (Å²) < 4.78 is 0. The second kappa shape index (κ2) is 5.88. The SMILES string of the molecule is CCc1cnccc1-c1nc(Cl)cc(C2CCCC2)n1. The van der Waals surface area contributed by atoms with Crippen LogP contribution < -0.4 is 0 Å². The van der Waals surface area contributed by atoms with Crippen LogP contribution in [-0.2, 0) is 6.42 Å². The Morgan fingerprint density at radius 1 is 1.25 bits per heavy atom. The third-order valence-corrected chi connectivity index (χ3v) is 4.21. The van der Waals surface area contributed by atoms with Crippen molar-refractivity contribution >= 4 is 11.6 Å². The molecular weight excluding hydrogens is 270 g/mol. The second-order valence-electron chi connectivity index (χ2n) is 5.31. The molecule has 0 aromatic carbocycles. The lowest BCUT2D eigenvalue weighted by Gasteiger charge is -2.12. The average Bonchev–Trinajstić information content (AvgIpc) is 3.01. The zero-order chi connectivity index (χ0) is 13.9. The Kier molecular flexibility index (Phi) is 3.97. The highest BCUT2D eigenvalue weighted by Crippen LogP contribution is 2.34. The Morgan fingerprint density at radius 2 is 2.05 bits per heavy atom. The Morgan fingerprint density at radius 3 is 2.80 bits per heavy atom. The number of hydrogen-bond acceptors (Lipinski definition) is 3. The summed E-state index contributed by atoms with van der Waals surface area (Å²) in [6.07, 6.45) is 9.59. The maximum atomic E-state index is 6.21. The second-order valence-corrected chi connectivity index (χ2v) is 5.69. The molecule has 2 aromatic heterocycles. The third-order valence-electron chi connectivity index (χ3n) is 4.01. The highest BCUT2D eigenvalue weighted by molar-refractivity contribution is 6.29. The first-order chi connectivity index (χ1) is 9.78. The van der Waals surface area contributed by atoms with Gasteiger partial charge in [-0.25, -0.2) is 9.97 Å². The fraction of sp³-hybridized carbons (Fsp3) is 0.438. The highest BCUT2D eigenvalue weighted by atomic mass is 35.5. The predicted molar refractivity (Wildman–Crippen MR) is 80.9 cm³/mol. The van der Waals surface area contributed by atoms with Crippen molar-refractivity contribution < 1.29 is 0 Å². The molecule has 4 heteroatoms. The van der Waals surface area contributed by atoms with Crippen LogP contribution in [0.3, 0.4) is 0 Å². The van der Waals surface area contributed by atoms with Gasteiger partial charge in [0, 0.05) is 29.6 Å². The predicted octanol–water partition coefficient (Wildman–Crippen LogP) is 4.41. The van der Waals surface area contributed by atoms with Crippen LogP contribution in [0.2, 0.25) is 5.15 Å². The van der Waals surface area contributed by atoms with Crippen molar-refractivity contribution in [1.29, 1.82) is 0 Å². The van der Waals surface area contributed by atoms with Crippen molar-refractivity contribution in [3.05, 3.63) is 40.9 Å². The van der Waals surface area contributed by atoms with Crippen molar-refractivity contribution in [3.63, 3.8) is 0 Å². The molecule has 104 valence electrons. The van der Waals surface area contributed by atoms with Gasteiger partial charge in [-0.15, -0.1) is 0 Å². The van der Waals surface area contributed by atoms with E-state index in [1.54, 1.807) is 6.20 Å². The quantitative estimate of drug-likeness (QED) is 0.785. The normalized spacial score (nSPS) is 15.7. The van der Waals surface area contributed by atoms with E-state index in [0.29, 0.717) is 11.1 Å². The fourth-order valence-corrected chi connectivity index (χ4v) is 3.11. The summed E-state index contributed by atoms with van der Waals surface area (Å²) >= 11 is 6.21. The number of aryl methyl sites for hydroxylation is 1. The van der Waals surface area contributed by atoms with E-state index in [4.69, 9.17) is 16.6 Å². The molecule has 0 radical (unpaired) electrons. The minimum atomic E-state index is 0.538. The molecule has 1 aliphatic rings. The van der Waals surface area contributed by atoms with Gasteiger partial charge in [0.25, 0.3) is 0 Å². The van der Waals surface area contributed by atoms with Gasteiger partial charge in [-0.2, -0.15) is 0 Å². The van der Waals surface area contributed by atoms with Gasteiger partial charge in [0.2, 0.25) is 0 Å². The van der Waals surface area contributed by atoms with E-state index >= 15 is 0 Å². The summed E-state index contributed by atoms with van der Waals surface area (Å²) in [5.41, 5.74) is 3.30. The van der Waals surface area contributed by atoms with Gasteiger partial charge in [-0.1, -0.05) is 31.4 Å². The van der Waals surface area contributed by atoms with Crippen LogP contribution in [0, 0.1) is 0 Å². The summed E-state index contributed by atoms with van der Waals surface area (Å²) in [5.74, 6) is 1.28. The van der Waals surface area contributed by atoms with Gasteiger partial charge in [-0.3, -0.25) is 4.98 Å². The maximum absolute atomic E-state index is 6.21. The van der Waals surface area contributed by atoms with Gasteiger partial charge in [-0.05, 0) is 37.0 Å². The fourth-order valence-electron chi connectivity index (χ4n) is 2.91. The van der Waals surface area contributed by atoms with Crippen molar-refractivity contribution in [3.8, 4) is 11.4 Å². The zero-order valence-corrected chi connectivity index (χ0v) is 12.4. The molecule has 0 aliphatic heterocycles. The summed E-state index contributed by atoms with van der Waals surface area (Å²) in [6.45, 7) is 2.11. The molecule has 0 spiro atoms.